The second kappa shape index (κ2) is 4.69. The Morgan fingerprint density at radius 2 is 2.41 bits per heavy atom. The van der Waals surface area contributed by atoms with Gasteiger partial charge in [-0.05, 0) is 5.92 Å². The third kappa shape index (κ3) is 2.38. The molecular formula is C12H19N3O2. The quantitative estimate of drug-likeness (QED) is 0.827. The first kappa shape index (κ1) is 11.8. The molecule has 0 saturated carbocycles. The molecule has 17 heavy (non-hydrogen) atoms. The highest BCUT2D eigenvalue weighted by molar-refractivity contribution is 5.25. The molecule has 0 saturated heterocycles. The molecule has 0 unspecified atom stereocenters. The lowest BCUT2D eigenvalue weighted by Crippen LogP contribution is -2.20. The fourth-order valence-electron chi connectivity index (χ4n) is 1.78. The van der Waals surface area contributed by atoms with Gasteiger partial charge in [-0.25, -0.2) is 0 Å². The van der Waals surface area contributed by atoms with E-state index in [1.165, 1.54) is 0 Å². The zero-order valence-electron chi connectivity index (χ0n) is 10.4. The molecule has 1 aromatic rings. The molecule has 2 heterocycles. The smallest absolute Gasteiger partial charge is 0.273 e. The zero-order valence-corrected chi connectivity index (χ0v) is 10.4. The molecule has 2 rings (SSSR count). The van der Waals surface area contributed by atoms with Gasteiger partial charge in [0.1, 0.15) is 0 Å². The Labute approximate surface area is 100 Å². The highest BCUT2D eigenvalue weighted by Crippen LogP contribution is 2.19. The third-order valence-electron chi connectivity index (χ3n) is 2.97. The Hall–Kier alpha value is -1.65. The molecule has 0 aliphatic carbocycles. The van der Waals surface area contributed by atoms with E-state index >= 15 is 0 Å². The molecule has 0 aromatic carbocycles. The zero-order chi connectivity index (χ0) is 12.4. The molecule has 1 aliphatic rings. The molecule has 0 radical (unpaired) electrons. The van der Waals surface area contributed by atoms with Crippen molar-refractivity contribution in [3.05, 3.63) is 28.2 Å². The number of hydrogen-bond acceptors (Lipinski definition) is 3. The Morgan fingerprint density at radius 1 is 1.65 bits per heavy atom. The van der Waals surface area contributed by atoms with E-state index in [1.54, 1.807) is 4.68 Å². The molecule has 1 aliphatic heterocycles. The van der Waals surface area contributed by atoms with Crippen LogP contribution in [0.2, 0.25) is 0 Å². The Bertz CT molecular complexity index is 471. The van der Waals surface area contributed by atoms with Crippen LogP contribution in [-0.4, -0.2) is 16.4 Å². The van der Waals surface area contributed by atoms with Gasteiger partial charge in [-0.3, -0.25) is 14.6 Å². The average molecular weight is 237 g/mol. The predicted octanol–water partition coefficient (Wildman–Crippen LogP) is 1.22. The van der Waals surface area contributed by atoms with Crippen molar-refractivity contribution in [1.29, 1.82) is 0 Å². The number of aromatic amines is 1. The number of hydrogen-bond donors (Lipinski definition) is 2. The first-order valence-corrected chi connectivity index (χ1v) is 5.96. The van der Waals surface area contributed by atoms with Crippen LogP contribution in [0.4, 0.5) is 0 Å². The summed E-state index contributed by atoms with van der Waals surface area (Å²) >= 11 is 0. The molecule has 5 heteroatoms. The Kier molecular flexibility index (Phi) is 3.26. The van der Waals surface area contributed by atoms with Crippen LogP contribution in [0.15, 0.2) is 17.1 Å². The van der Waals surface area contributed by atoms with Crippen LogP contribution in [0, 0.1) is 5.92 Å². The second-order valence-corrected chi connectivity index (χ2v) is 4.61. The first-order valence-electron chi connectivity index (χ1n) is 5.96. The summed E-state index contributed by atoms with van der Waals surface area (Å²) in [6.45, 7) is 10.0. The fraction of sp³-hybridized carbons (Fsp3) is 0.583. The van der Waals surface area contributed by atoms with Crippen LogP contribution < -0.4 is 15.6 Å². The van der Waals surface area contributed by atoms with Gasteiger partial charge in [0.25, 0.3) is 5.56 Å². The topological polar surface area (TPSA) is 59.0 Å². The number of rotatable bonds is 4. The molecular weight excluding hydrogens is 218 g/mol. The number of ether oxygens (including phenoxy) is 1. The van der Waals surface area contributed by atoms with Gasteiger partial charge in [0.15, 0.2) is 0 Å². The number of fused-ring (bicyclic) bond motifs is 1. The molecule has 94 valence electrons. The monoisotopic (exact) mass is 237 g/mol. The number of H-pyrrole nitrogens is 1. The molecule has 0 fully saturated rings. The van der Waals surface area contributed by atoms with E-state index in [2.05, 4.69) is 30.8 Å². The van der Waals surface area contributed by atoms with Crippen LogP contribution in [0.5, 0.6) is 5.88 Å². The van der Waals surface area contributed by atoms with Crippen LogP contribution in [0.1, 0.15) is 25.8 Å². The van der Waals surface area contributed by atoms with Gasteiger partial charge in [-0.15, -0.1) is 0 Å². The Morgan fingerprint density at radius 3 is 3.12 bits per heavy atom. The Balaban J connectivity index is 2.13. The van der Waals surface area contributed by atoms with Gasteiger partial charge >= 0.3 is 0 Å². The minimum absolute atomic E-state index is 0.0778. The largest absolute Gasteiger partial charge is 0.477 e. The number of aromatic nitrogens is 2. The molecule has 0 amide bonds. The van der Waals surface area contributed by atoms with E-state index in [0.717, 1.165) is 18.7 Å². The van der Waals surface area contributed by atoms with Gasteiger partial charge in [0.05, 0.1) is 18.7 Å². The van der Waals surface area contributed by atoms with Crippen molar-refractivity contribution in [3.63, 3.8) is 0 Å². The summed E-state index contributed by atoms with van der Waals surface area (Å²) in [5, 5.41) is 5.95. The minimum Gasteiger partial charge on any atom is -0.477 e. The van der Waals surface area contributed by atoms with E-state index < -0.39 is 0 Å². The van der Waals surface area contributed by atoms with Gasteiger partial charge < -0.3 is 10.1 Å². The van der Waals surface area contributed by atoms with Crippen molar-refractivity contribution < 1.29 is 4.74 Å². The molecule has 0 bridgehead atoms. The summed E-state index contributed by atoms with van der Waals surface area (Å²) in [4.78, 5) is 11.8. The highest BCUT2D eigenvalue weighted by atomic mass is 16.5. The van der Waals surface area contributed by atoms with Crippen LogP contribution in [0.25, 0.3) is 0 Å². The van der Waals surface area contributed by atoms with Crippen molar-refractivity contribution in [1.82, 2.24) is 15.1 Å². The van der Waals surface area contributed by atoms with E-state index in [-0.39, 0.29) is 5.56 Å². The predicted molar refractivity (Wildman–Crippen MR) is 66.0 cm³/mol. The number of nitrogens with one attached hydrogen (secondary N) is 2. The maximum Gasteiger partial charge on any atom is 0.273 e. The average Bonchev–Trinajstić information content (AvgIpc) is 2.61. The third-order valence-corrected chi connectivity index (χ3v) is 2.97. The van der Waals surface area contributed by atoms with Crippen molar-refractivity contribution in [2.75, 3.05) is 6.61 Å². The van der Waals surface area contributed by atoms with Crippen LogP contribution in [-0.2, 0) is 13.1 Å². The van der Waals surface area contributed by atoms with Crippen molar-refractivity contribution >= 4 is 0 Å². The van der Waals surface area contributed by atoms with Crippen molar-refractivity contribution in [2.24, 2.45) is 5.92 Å². The maximum absolute atomic E-state index is 11.8. The molecule has 0 spiro atoms. The van der Waals surface area contributed by atoms with E-state index in [9.17, 15) is 4.79 Å². The van der Waals surface area contributed by atoms with Crippen molar-refractivity contribution in [2.45, 2.75) is 33.4 Å². The summed E-state index contributed by atoms with van der Waals surface area (Å²) in [6, 6.07) is 0. The maximum atomic E-state index is 11.8. The normalized spacial score (nSPS) is 14.3. The molecule has 0 atom stereocenters. The number of allylic oxidation sites excluding steroid dienone is 1. The standard InChI is InChI=1S/C12H19N3O2/c1-8(2)9(3)13-7-10-11(16)14-15-5-4-6-17-12(10)15/h8,13H,3-7H2,1-2H3,(H,14,16). The highest BCUT2D eigenvalue weighted by Gasteiger charge is 2.19. The van der Waals surface area contributed by atoms with E-state index in [0.29, 0.717) is 30.5 Å². The summed E-state index contributed by atoms with van der Waals surface area (Å²) < 4.78 is 7.31. The summed E-state index contributed by atoms with van der Waals surface area (Å²) in [6.07, 6.45) is 0.934. The van der Waals surface area contributed by atoms with E-state index in [1.807, 2.05) is 0 Å². The summed E-state index contributed by atoms with van der Waals surface area (Å²) in [5.74, 6) is 1.03. The first-order chi connectivity index (χ1) is 8.09. The van der Waals surface area contributed by atoms with E-state index in [4.69, 9.17) is 4.74 Å². The lowest BCUT2D eigenvalue weighted by atomic mass is 10.1. The van der Waals surface area contributed by atoms with Gasteiger partial charge in [0.2, 0.25) is 5.88 Å². The summed E-state index contributed by atoms with van der Waals surface area (Å²) in [5.41, 5.74) is 1.51. The lowest BCUT2D eigenvalue weighted by molar-refractivity contribution is 0.228. The van der Waals surface area contributed by atoms with Crippen LogP contribution in [0.3, 0.4) is 0 Å². The minimum atomic E-state index is -0.0778. The number of nitrogens with zero attached hydrogens (tertiary/aromatic N) is 1. The summed E-state index contributed by atoms with van der Waals surface area (Å²) in [7, 11) is 0. The molecule has 5 nitrogen and oxygen atoms in total. The fourth-order valence-corrected chi connectivity index (χ4v) is 1.78. The lowest BCUT2D eigenvalue weighted by Gasteiger charge is -2.17. The SMILES string of the molecule is C=C(NCc1c2n([nH]c1=O)CCCO2)C(C)C. The number of aryl methyl sites for hydroxylation is 1. The van der Waals surface area contributed by atoms with Crippen molar-refractivity contribution in [3.8, 4) is 5.88 Å². The van der Waals surface area contributed by atoms with Gasteiger partial charge in [0, 0.05) is 18.7 Å². The van der Waals surface area contributed by atoms with Gasteiger partial charge in [-0.2, -0.15) is 0 Å². The van der Waals surface area contributed by atoms with Gasteiger partial charge in [-0.1, -0.05) is 20.4 Å². The van der Waals surface area contributed by atoms with Crippen LogP contribution >= 0.6 is 0 Å². The second-order valence-electron chi connectivity index (χ2n) is 4.61. The molecule has 2 N–H and O–H groups in total. The molecule has 1 aromatic heterocycles.